The standard InChI is InChI=1S/C12H16N8O/c1-3-4-13-12-18-10(9-11(19-12)16-6-15-9)14-5-8-17-7(2)21-20-8/h6H,3-5H2,1-2H3,(H3,13,14,15,16,18,19). The first kappa shape index (κ1) is 13.3. The molecule has 3 N–H and O–H groups in total. The van der Waals surface area contributed by atoms with Crippen molar-refractivity contribution in [2.45, 2.75) is 26.8 Å². The van der Waals surface area contributed by atoms with Crippen LogP contribution < -0.4 is 10.6 Å². The number of aryl methyl sites for hydroxylation is 1. The molecule has 0 unspecified atom stereocenters. The summed E-state index contributed by atoms with van der Waals surface area (Å²) >= 11 is 0. The van der Waals surface area contributed by atoms with E-state index >= 15 is 0 Å². The molecular formula is C12H16N8O. The molecule has 0 saturated heterocycles. The van der Waals surface area contributed by atoms with Gasteiger partial charge in [-0.1, -0.05) is 12.1 Å². The number of hydrogen-bond donors (Lipinski definition) is 3. The topological polar surface area (TPSA) is 117 Å². The zero-order chi connectivity index (χ0) is 14.7. The predicted octanol–water partition coefficient (Wildman–Crippen LogP) is 1.48. The van der Waals surface area contributed by atoms with Crippen LogP contribution in [0.5, 0.6) is 0 Å². The van der Waals surface area contributed by atoms with E-state index in [1.54, 1.807) is 13.3 Å². The van der Waals surface area contributed by atoms with E-state index in [9.17, 15) is 0 Å². The highest BCUT2D eigenvalue weighted by atomic mass is 16.5. The third kappa shape index (κ3) is 2.91. The van der Waals surface area contributed by atoms with Gasteiger partial charge in [-0.2, -0.15) is 15.0 Å². The number of fused-ring (bicyclic) bond motifs is 1. The number of anilines is 2. The van der Waals surface area contributed by atoms with Crippen LogP contribution in [0.2, 0.25) is 0 Å². The van der Waals surface area contributed by atoms with Crippen molar-refractivity contribution in [3.05, 3.63) is 18.0 Å². The van der Waals surface area contributed by atoms with E-state index in [1.165, 1.54) is 0 Å². The van der Waals surface area contributed by atoms with Crippen LogP contribution in [-0.4, -0.2) is 36.6 Å². The quantitative estimate of drug-likeness (QED) is 0.624. The normalized spacial score (nSPS) is 11.0. The Morgan fingerprint density at radius 2 is 2.14 bits per heavy atom. The van der Waals surface area contributed by atoms with Crippen LogP contribution in [0.3, 0.4) is 0 Å². The molecule has 0 aliphatic rings. The number of nitrogens with one attached hydrogen (secondary N) is 3. The van der Waals surface area contributed by atoms with Gasteiger partial charge in [0.15, 0.2) is 17.3 Å². The van der Waals surface area contributed by atoms with Gasteiger partial charge in [0.2, 0.25) is 11.8 Å². The maximum Gasteiger partial charge on any atom is 0.226 e. The molecule has 0 aliphatic heterocycles. The Labute approximate surface area is 120 Å². The third-order valence-corrected chi connectivity index (χ3v) is 2.80. The average molecular weight is 288 g/mol. The molecule has 0 fully saturated rings. The summed E-state index contributed by atoms with van der Waals surface area (Å²) in [5, 5.41) is 10.2. The van der Waals surface area contributed by atoms with Crippen molar-refractivity contribution in [3.8, 4) is 0 Å². The van der Waals surface area contributed by atoms with Gasteiger partial charge in [-0.15, -0.1) is 0 Å². The van der Waals surface area contributed by atoms with Crippen LogP contribution >= 0.6 is 0 Å². The van der Waals surface area contributed by atoms with Crippen LogP contribution in [0.15, 0.2) is 10.9 Å². The van der Waals surface area contributed by atoms with Crippen molar-refractivity contribution in [1.82, 2.24) is 30.1 Å². The van der Waals surface area contributed by atoms with E-state index in [2.05, 4.69) is 47.6 Å². The van der Waals surface area contributed by atoms with Gasteiger partial charge in [0.25, 0.3) is 0 Å². The zero-order valence-electron chi connectivity index (χ0n) is 11.8. The Morgan fingerprint density at radius 1 is 1.24 bits per heavy atom. The average Bonchev–Trinajstić information content (AvgIpc) is 3.11. The molecule has 3 rings (SSSR count). The minimum absolute atomic E-state index is 0.412. The van der Waals surface area contributed by atoms with E-state index in [1.807, 2.05) is 0 Å². The van der Waals surface area contributed by atoms with E-state index in [0.29, 0.717) is 35.7 Å². The smallest absolute Gasteiger partial charge is 0.226 e. The molecule has 0 amide bonds. The van der Waals surface area contributed by atoms with Crippen molar-refractivity contribution in [3.63, 3.8) is 0 Å². The molecule has 21 heavy (non-hydrogen) atoms. The summed E-state index contributed by atoms with van der Waals surface area (Å²) < 4.78 is 4.94. The first-order valence-corrected chi connectivity index (χ1v) is 6.74. The van der Waals surface area contributed by atoms with Gasteiger partial charge in [-0.25, -0.2) is 4.98 Å². The molecule has 110 valence electrons. The summed E-state index contributed by atoms with van der Waals surface area (Å²) in [6, 6.07) is 0. The van der Waals surface area contributed by atoms with Crippen LogP contribution in [0.1, 0.15) is 25.1 Å². The second-order valence-corrected chi connectivity index (χ2v) is 4.51. The second-order valence-electron chi connectivity index (χ2n) is 4.51. The van der Waals surface area contributed by atoms with Gasteiger partial charge in [0.05, 0.1) is 12.9 Å². The minimum atomic E-state index is 0.412. The molecule has 0 radical (unpaired) electrons. The Kier molecular flexibility index (Phi) is 3.63. The van der Waals surface area contributed by atoms with E-state index in [0.717, 1.165) is 18.5 Å². The highest BCUT2D eigenvalue weighted by Crippen LogP contribution is 2.19. The Morgan fingerprint density at radius 3 is 2.90 bits per heavy atom. The molecule has 0 aromatic carbocycles. The first-order chi connectivity index (χ1) is 10.3. The fourth-order valence-electron chi connectivity index (χ4n) is 1.85. The SMILES string of the molecule is CCCNc1nc(NCc2noc(C)n2)c2[nH]cnc2n1. The molecule has 9 nitrogen and oxygen atoms in total. The highest BCUT2D eigenvalue weighted by molar-refractivity contribution is 5.83. The van der Waals surface area contributed by atoms with Gasteiger partial charge < -0.3 is 20.1 Å². The van der Waals surface area contributed by atoms with Gasteiger partial charge in [-0.05, 0) is 6.42 Å². The minimum Gasteiger partial charge on any atom is -0.361 e. The number of imidazole rings is 1. The largest absolute Gasteiger partial charge is 0.361 e. The van der Waals surface area contributed by atoms with Gasteiger partial charge in [-0.3, -0.25) is 0 Å². The summed E-state index contributed by atoms with van der Waals surface area (Å²) in [5.41, 5.74) is 1.35. The maximum atomic E-state index is 4.94. The van der Waals surface area contributed by atoms with Crippen molar-refractivity contribution < 1.29 is 4.52 Å². The molecule has 9 heteroatoms. The lowest BCUT2D eigenvalue weighted by molar-refractivity contribution is 0.388. The second kappa shape index (κ2) is 5.73. The zero-order valence-corrected chi connectivity index (χ0v) is 11.8. The van der Waals surface area contributed by atoms with Crippen molar-refractivity contribution in [1.29, 1.82) is 0 Å². The van der Waals surface area contributed by atoms with E-state index in [4.69, 9.17) is 4.52 Å². The van der Waals surface area contributed by atoms with Gasteiger partial charge in [0, 0.05) is 13.5 Å². The number of hydrogen-bond acceptors (Lipinski definition) is 8. The Balaban J connectivity index is 1.83. The monoisotopic (exact) mass is 288 g/mol. The summed E-state index contributed by atoms with van der Waals surface area (Å²) in [5.74, 6) is 2.30. The molecule has 0 aliphatic carbocycles. The molecule has 0 bridgehead atoms. The fourth-order valence-corrected chi connectivity index (χ4v) is 1.85. The number of nitrogens with zero attached hydrogens (tertiary/aromatic N) is 5. The van der Waals surface area contributed by atoms with E-state index in [-0.39, 0.29) is 0 Å². The maximum absolute atomic E-state index is 4.94. The summed E-state index contributed by atoms with van der Waals surface area (Å²) in [7, 11) is 0. The van der Waals surface area contributed by atoms with Crippen molar-refractivity contribution >= 4 is 22.9 Å². The van der Waals surface area contributed by atoms with E-state index < -0.39 is 0 Å². The van der Waals surface area contributed by atoms with Gasteiger partial charge in [0.1, 0.15) is 5.52 Å². The molecule has 0 spiro atoms. The number of rotatable bonds is 6. The Bertz CT molecular complexity index is 734. The molecule has 3 aromatic rings. The molecule has 0 atom stereocenters. The lowest BCUT2D eigenvalue weighted by Gasteiger charge is -2.07. The summed E-state index contributed by atoms with van der Waals surface area (Å²) in [6.45, 7) is 5.05. The summed E-state index contributed by atoms with van der Waals surface area (Å²) in [6.07, 6.45) is 2.58. The number of aromatic nitrogens is 6. The first-order valence-electron chi connectivity index (χ1n) is 6.74. The van der Waals surface area contributed by atoms with Crippen LogP contribution in [0.25, 0.3) is 11.2 Å². The molecule has 3 aromatic heterocycles. The number of aromatic amines is 1. The number of H-pyrrole nitrogens is 1. The van der Waals surface area contributed by atoms with Crippen LogP contribution in [-0.2, 0) is 6.54 Å². The van der Waals surface area contributed by atoms with Gasteiger partial charge >= 0.3 is 0 Å². The van der Waals surface area contributed by atoms with Crippen LogP contribution in [0.4, 0.5) is 11.8 Å². The highest BCUT2D eigenvalue weighted by Gasteiger charge is 2.10. The summed E-state index contributed by atoms with van der Waals surface area (Å²) in [4.78, 5) is 20.1. The predicted molar refractivity (Wildman–Crippen MR) is 76.8 cm³/mol. The van der Waals surface area contributed by atoms with Crippen molar-refractivity contribution in [2.75, 3.05) is 17.2 Å². The third-order valence-electron chi connectivity index (χ3n) is 2.80. The Hall–Kier alpha value is -2.71. The fraction of sp³-hybridized carbons (Fsp3) is 0.417. The molecular weight excluding hydrogens is 272 g/mol. The molecule has 0 saturated carbocycles. The van der Waals surface area contributed by atoms with Crippen LogP contribution in [0, 0.1) is 6.92 Å². The lowest BCUT2D eigenvalue weighted by Crippen LogP contribution is -2.09. The molecule has 3 heterocycles. The lowest BCUT2D eigenvalue weighted by atomic mass is 10.4. The van der Waals surface area contributed by atoms with Crippen molar-refractivity contribution in [2.24, 2.45) is 0 Å².